The molecule has 0 aliphatic carbocycles. The molecule has 0 unspecified atom stereocenters. The molecule has 0 saturated heterocycles. The molecule has 0 amide bonds. The number of phenolic OH excluding ortho intramolecular Hbond substituents is 1. The Morgan fingerprint density at radius 2 is 1.96 bits per heavy atom. The van der Waals surface area contributed by atoms with E-state index in [1.807, 2.05) is 43.3 Å². The van der Waals surface area contributed by atoms with E-state index in [0.29, 0.717) is 23.4 Å². The fraction of sp³-hybridized carbons (Fsp3) is 0.167. The van der Waals surface area contributed by atoms with Gasteiger partial charge >= 0.3 is 0 Å². The molecule has 3 rings (SSSR count). The SMILES string of the molecule is CN(C)Cc1c(O)ccc2c1O/C(=C\c1ccccc1Br)C2=O. The van der Waals surface area contributed by atoms with Crippen LogP contribution in [0.5, 0.6) is 11.5 Å². The Morgan fingerprint density at radius 3 is 2.65 bits per heavy atom. The number of rotatable bonds is 3. The largest absolute Gasteiger partial charge is 0.507 e. The summed E-state index contributed by atoms with van der Waals surface area (Å²) < 4.78 is 6.68. The summed E-state index contributed by atoms with van der Waals surface area (Å²) in [7, 11) is 3.79. The number of fused-ring (bicyclic) bond motifs is 1. The normalized spacial score (nSPS) is 15.1. The fourth-order valence-electron chi connectivity index (χ4n) is 2.50. The van der Waals surface area contributed by atoms with Crippen LogP contribution in [0.15, 0.2) is 46.6 Å². The highest BCUT2D eigenvalue weighted by molar-refractivity contribution is 9.10. The van der Waals surface area contributed by atoms with E-state index < -0.39 is 0 Å². The van der Waals surface area contributed by atoms with Crippen LogP contribution in [0.3, 0.4) is 0 Å². The van der Waals surface area contributed by atoms with Crippen molar-refractivity contribution >= 4 is 27.8 Å². The fourth-order valence-corrected chi connectivity index (χ4v) is 2.90. The minimum absolute atomic E-state index is 0.132. The van der Waals surface area contributed by atoms with Crippen LogP contribution < -0.4 is 4.74 Å². The molecule has 23 heavy (non-hydrogen) atoms. The summed E-state index contributed by atoms with van der Waals surface area (Å²) >= 11 is 3.46. The predicted octanol–water partition coefficient (Wildman–Crippen LogP) is 3.83. The van der Waals surface area contributed by atoms with E-state index in [0.717, 1.165) is 10.0 Å². The zero-order valence-electron chi connectivity index (χ0n) is 12.8. The minimum Gasteiger partial charge on any atom is -0.507 e. The van der Waals surface area contributed by atoms with Crippen LogP contribution in [-0.4, -0.2) is 29.9 Å². The molecule has 4 nitrogen and oxygen atoms in total. The molecule has 0 atom stereocenters. The molecule has 0 bridgehead atoms. The zero-order chi connectivity index (χ0) is 16.6. The minimum atomic E-state index is -0.171. The Kier molecular flexibility index (Phi) is 4.24. The number of halogens is 1. The van der Waals surface area contributed by atoms with Gasteiger partial charge in [0.2, 0.25) is 5.78 Å². The first-order valence-electron chi connectivity index (χ1n) is 7.15. The van der Waals surface area contributed by atoms with Crippen molar-refractivity contribution in [2.45, 2.75) is 6.54 Å². The lowest BCUT2D eigenvalue weighted by Crippen LogP contribution is -2.11. The summed E-state index contributed by atoms with van der Waals surface area (Å²) in [5.41, 5.74) is 1.97. The highest BCUT2D eigenvalue weighted by Gasteiger charge is 2.31. The molecular weight excluding hydrogens is 358 g/mol. The van der Waals surface area contributed by atoms with E-state index in [9.17, 15) is 9.90 Å². The molecule has 118 valence electrons. The monoisotopic (exact) mass is 373 g/mol. The number of carbonyl (C=O) groups is 1. The van der Waals surface area contributed by atoms with Crippen LogP contribution >= 0.6 is 15.9 Å². The van der Waals surface area contributed by atoms with Gasteiger partial charge in [0.05, 0.1) is 11.1 Å². The summed E-state index contributed by atoms with van der Waals surface area (Å²) in [5.74, 6) is 0.669. The molecular formula is C18H16BrNO3. The predicted molar refractivity (Wildman–Crippen MR) is 92.6 cm³/mol. The molecule has 0 spiro atoms. The maximum atomic E-state index is 12.6. The quantitative estimate of drug-likeness (QED) is 0.830. The van der Waals surface area contributed by atoms with Crippen molar-refractivity contribution in [1.82, 2.24) is 4.90 Å². The highest BCUT2D eigenvalue weighted by Crippen LogP contribution is 2.40. The number of hydrogen-bond donors (Lipinski definition) is 1. The maximum Gasteiger partial charge on any atom is 0.231 e. The number of ketones is 1. The van der Waals surface area contributed by atoms with E-state index >= 15 is 0 Å². The van der Waals surface area contributed by atoms with Crippen molar-refractivity contribution in [2.75, 3.05) is 14.1 Å². The number of carbonyl (C=O) groups excluding carboxylic acids is 1. The van der Waals surface area contributed by atoms with Crippen LogP contribution in [0.2, 0.25) is 0 Å². The number of allylic oxidation sites excluding steroid dienone is 1. The Morgan fingerprint density at radius 1 is 1.22 bits per heavy atom. The number of hydrogen-bond acceptors (Lipinski definition) is 4. The van der Waals surface area contributed by atoms with Crippen LogP contribution in [0.4, 0.5) is 0 Å². The Balaban J connectivity index is 2.04. The van der Waals surface area contributed by atoms with Crippen molar-refractivity contribution in [1.29, 1.82) is 0 Å². The Hall–Kier alpha value is -2.11. The van der Waals surface area contributed by atoms with Crippen molar-refractivity contribution < 1.29 is 14.6 Å². The molecule has 2 aromatic rings. The number of benzene rings is 2. The molecule has 5 heteroatoms. The van der Waals surface area contributed by atoms with E-state index in [4.69, 9.17) is 4.74 Å². The van der Waals surface area contributed by atoms with Gasteiger partial charge in [-0.1, -0.05) is 34.1 Å². The first-order valence-corrected chi connectivity index (χ1v) is 7.95. The third kappa shape index (κ3) is 3.02. The summed E-state index contributed by atoms with van der Waals surface area (Å²) in [5, 5.41) is 10.1. The van der Waals surface area contributed by atoms with Crippen LogP contribution in [0, 0.1) is 0 Å². The van der Waals surface area contributed by atoms with E-state index in [1.54, 1.807) is 18.2 Å². The van der Waals surface area contributed by atoms with Crippen molar-refractivity contribution in [3.8, 4) is 11.5 Å². The standard InChI is InChI=1S/C18H16BrNO3/c1-20(2)10-13-15(21)8-7-12-17(22)16(23-18(12)13)9-11-5-3-4-6-14(11)19/h3-9,21H,10H2,1-2H3/b16-9-. The zero-order valence-corrected chi connectivity index (χ0v) is 14.4. The molecule has 0 aromatic heterocycles. The highest BCUT2D eigenvalue weighted by atomic mass is 79.9. The lowest BCUT2D eigenvalue weighted by molar-refractivity contribution is 0.101. The van der Waals surface area contributed by atoms with Gasteiger partial charge < -0.3 is 14.7 Å². The topological polar surface area (TPSA) is 49.8 Å². The molecule has 2 aromatic carbocycles. The van der Waals surface area contributed by atoms with Gasteiger partial charge in [0, 0.05) is 11.0 Å². The van der Waals surface area contributed by atoms with Crippen molar-refractivity contribution in [3.05, 3.63) is 63.3 Å². The van der Waals surface area contributed by atoms with Crippen molar-refractivity contribution in [2.24, 2.45) is 0 Å². The van der Waals surface area contributed by atoms with Gasteiger partial charge in [0.25, 0.3) is 0 Å². The Bertz CT molecular complexity index is 812. The molecule has 1 aliphatic heterocycles. The summed E-state index contributed by atoms with van der Waals surface area (Å²) in [6.07, 6.45) is 1.71. The third-order valence-corrected chi connectivity index (χ3v) is 4.30. The van der Waals surface area contributed by atoms with Gasteiger partial charge in [0.1, 0.15) is 11.5 Å². The second-order valence-electron chi connectivity index (χ2n) is 5.64. The van der Waals surface area contributed by atoms with Gasteiger partial charge in [-0.3, -0.25) is 4.79 Å². The molecule has 0 saturated carbocycles. The lowest BCUT2D eigenvalue weighted by atomic mass is 10.0. The summed E-state index contributed by atoms with van der Waals surface area (Å²) in [4.78, 5) is 14.5. The second kappa shape index (κ2) is 6.18. The average Bonchev–Trinajstić information content (AvgIpc) is 2.81. The lowest BCUT2D eigenvalue weighted by Gasteiger charge is -2.14. The maximum absolute atomic E-state index is 12.6. The van der Waals surface area contributed by atoms with E-state index in [-0.39, 0.29) is 17.3 Å². The summed E-state index contributed by atoms with van der Waals surface area (Å²) in [6, 6.07) is 10.8. The molecule has 1 aliphatic rings. The average molecular weight is 374 g/mol. The van der Waals surface area contributed by atoms with Crippen LogP contribution in [0.25, 0.3) is 6.08 Å². The van der Waals surface area contributed by atoms with Crippen LogP contribution in [-0.2, 0) is 6.54 Å². The van der Waals surface area contributed by atoms with E-state index in [2.05, 4.69) is 15.9 Å². The van der Waals surface area contributed by atoms with Gasteiger partial charge in [0.15, 0.2) is 5.76 Å². The van der Waals surface area contributed by atoms with Gasteiger partial charge in [-0.25, -0.2) is 0 Å². The number of ether oxygens (including phenoxy) is 1. The van der Waals surface area contributed by atoms with Gasteiger partial charge in [-0.05, 0) is 43.9 Å². The van der Waals surface area contributed by atoms with Crippen LogP contribution in [0.1, 0.15) is 21.5 Å². The first kappa shape index (κ1) is 15.8. The van der Waals surface area contributed by atoms with Gasteiger partial charge in [-0.2, -0.15) is 0 Å². The molecule has 1 heterocycles. The smallest absolute Gasteiger partial charge is 0.231 e. The molecule has 0 fully saturated rings. The first-order chi connectivity index (χ1) is 11.0. The molecule has 1 N–H and O–H groups in total. The third-order valence-electron chi connectivity index (χ3n) is 3.58. The number of aromatic hydroxyl groups is 1. The molecule has 0 radical (unpaired) electrons. The number of nitrogens with zero attached hydrogens (tertiary/aromatic N) is 1. The van der Waals surface area contributed by atoms with E-state index in [1.165, 1.54) is 0 Å². The number of phenols is 1. The number of Topliss-reactive ketones (excluding diaryl/α,β-unsaturated/α-hetero) is 1. The van der Waals surface area contributed by atoms with Crippen molar-refractivity contribution in [3.63, 3.8) is 0 Å². The van der Waals surface area contributed by atoms with Gasteiger partial charge in [-0.15, -0.1) is 0 Å². The summed E-state index contributed by atoms with van der Waals surface area (Å²) in [6.45, 7) is 0.491. The Labute approximate surface area is 143 Å². The second-order valence-corrected chi connectivity index (χ2v) is 6.49.